The Morgan fingerprint density at radius 2 is 2.20 bits per heavy atom. The Hall–Kier alpha value is -0.410. The SMILES string of the molecule is CCC(N)c1nc(C2CCCCC2)cs1. The van der Waals surface area contributed by atoms with Gasteiger partial charge in [-0.25, -0.2) is 4.98 Å². The number of hydrogen-bond donors (Lipinski definition) is 1. The van der Waals surface area contributed by atoms with Crippen molar-refractivity contribution in [2.75, 3.05) is 0 Å². The van der Waals surface area contributed by atoms with Crippen LogP contribution in [0.1, 0.15) is 68.1 Å². The zero-order valence-electron chi connectivity index (χ0n) is 9.41. The lowest BCUT2D eigenvalue weighted by molar-refractivity contribution is 0.437. The molecule has 1 atom stereocenters. The predicted octanol–water partition coefficient (Wildman–Crippen LogP) is 3.60. The molecule has 1 aromatic rings. The maximum Gasteiger partial charge on any atom is 0.110 e. The highest BCUT2D eigenvalue weighted by Crippen LogP contribution is 2.33. The average molecular weight is 224 g/mol. The Bertz CT molecular complexity index is 302. The monoisotopic (exact) mass is 224 g/mol. The van der Waals surface area contributed by atoms with Gasteiger partial charge in [-0.1, -0.05) is 26.2 Å². The molecule has 3 heteroatoms. The van der Waals surface area contributed by atoms with Crippen molar-refractivity contribution in [3.05, 3.63) is 16.1 Å². The quantitative estimate of drug-likeness (QED) is 0.852. The second-order valence-electron chi connectivity index (χ2n) is 4.46. The first-order chi connectivity index (χ1) is 7.31. The second kappa shape index (κ2) is 5.08. The van der Waals surface area contributed by atoms with Gasteiger partial charge >= 0.3 is 0 Å². The van der Waals surface area contributed by atoms with Gasteiger partial charge in [0.25, 0.3) is 0 Å². The molecule has 0 aliphatic heterocycles. The molecule has 0 amide bonds. The third kappa shape index (κ3) is 2.58. The third-order valence-electron chi connectivity index (χ3n) is 3.32. The third-order valence-corrected chi connectivity index (χ3v) is 4.32. The van der Waals surface area contributed by atoms with E-state index in [2.05, 4.69) is 12.3 Å². The van der Waals surface area contributed by atoms with Crippen molar-refractivity contribution in [3.8, 4) is 0 Å². The molecule has 0 bridgehead atoms. The van der Waals surface area contributed by atoms with E-state index in [-0.39, 0.29) is 6.04 Å². The zero-order chi connectivity index (χ0) is 10.7. The van der Waals surface area contributed by atoms with Crippen LogP contribution in [0.15, 0.2) is 5.38 Å². The number of nitrogens with two attached hydrogens (primary N) is 1. The number of thiazole rings is 1. The van der Waals surface area contributed by atoms with Gasteiger partial charge in [-0.2, -0.15) is 0 Å². The molecule has 1 fully saturated rings. The first kappa shape index (κ1) is 11.1. The van der Waals surface area contributed by atoms with Crippen molar-refractivity contribution in [2.45, 2.75) is 57.4 Å². The molecule has 1 unspecified atom stereocenters. The fraction of sp³-hybridized carbons (Fsp3) is 0.750. The molecule has 84 valence electrons. The summed E-state index contributed by atoms with van der Waals surface area (Å²) in [6, 6.07) is 0.146. The van der Waals surface area contributed by atoms with Gasteiger partial charge in [-0.15, -0.1) is 11.3 Å². The summed E-state index contributed by atoms with van der Waals surface area (Å²) in [5, 5.41) is 3.35. The lowest BCUT2D eigenvalue weighted by atomic mass is 9.87. The number of nitrogens with zero attached hydrogens (tertiary/aromatic N) is 1. The minimum Gasteiger partial charge on any atom is -0.322 e. The normalized spacial score (nSPS) is 20.4. The van der Waals surface area contributed by atoms with Gasteiger partial charge in [0.1, 0.15) is 5.01 Å². The largest absolute Gasteiger partial charge is 0.322 e. The zero-order valence-corrected chi connectivity index (χ0v) is 10.2. The van der Waals surface area contributed by atoms with Crippen LogP contribution in [0.3, 0.4) is 0 Å². The van der Waals surface area contributed by atoms with E-state index in [9.17, 15) is 0 Å². The molecule has 1 aliphatic carbocycles. The van der Waals surface area contributed by atoms with Crippen molar-refractivity contribution in [1.29, 1.82) is 0 Å². The van der Waals surface area contributed by atoms with Crippen molar-refractivity contribution in [1.82, 2.24) is 4.98 Å². The standard InChI is InChI=1S/C12H20N2S/c1-2-10(13)12-14-11(8-15-12)9-6-4-3-5-7-9/h8-10H,2-7,13H2,1H3. The maximum absolute atomic E-state index is 5.99. The molecule has 1 aromatic heterocycles. The van der Waals surface area contributed by atoms with Crippen LogP contribution in [0, 0.1) is 0 Å². The fourth-order valence-electron chi connectivity index (χ4n) is 2.23. The topological polar surface area (TPSA) is 38.9 Å². The Kier molecular flexibility index (Phi) is 3.76. The first-order valence-electron chi connectivity index (χ1n) is 6.02. The first-order valence-corrected chi connectivity index (χ1v) is 6.90. The summed E-state index contributed by atoms with van der Waals surface area (Å²) in [5.41, 5.74) is 7.29. The van der Waals surface area contributed by atoms with Crippen molar-refractivity contribution >= 4 is 11.3 Å². The van der Waals surface area contributed by atoms with Crippen LogP contribution in [0.5, 0.6) is 0 Å². The van der Waals surface area contributed by atoms with E-state index in [0.717, 1.165) is 11.4 Å². The van der Waals surface area contributed by atoms with Crippen LogP contribution in [0.25, 0.3) is 0 Å². The molecular weight excluding hydrogens is 204 g/mol. The number of rotatable bonds is 3. The highest BCUT2D eigenvalue weighted by Gasteiger charge is 2.19. The molecular formula is C12H20N2S. The molecule has 1 heterocycles. The average Bonchev–Trinajstić information content (AvgIpc) is 2.78. The van der Waals surface area contributed by atoms with E-state index in [1.165, 1.54) is 37.8 Å². The molecule has 15 heavy (non-hydrogen) atoms. The summed E-state index contributed by atoms with van der Waals surface area (Å²) in [5.74, 6) is 0.716. The fourth-order valence-corrected chi connectivity index (χ4v) is 3.22. The maximum atomic E-state index is 5.99. The Balaban J connectivity index is 2.05. The van der Waals surface area contributed by atoms with E-state index < -0.39 is 0 Å². The molecule has 2 N–H and O–H groups in total. The van der Waals surface area contributed by atoms with Gasteiger partial charge in [-0.3, -0.25) is 0 Å². The van der Waals surface area contributed by atoms with E-state index in [1.54, 1.807) is 11.3 Å². The van der Waals surface area contributed by atoms with Gasteiger partial charge in [-0.05, 0) is 19.3 Å². The van der Waals surface area contributed by atoms with E-state index in [1.807, 2.05) is 0 Å². The highest BCUT2D eigenvalue weighted by molar-refractivity contribution is 7.09. The summed E-state index contributed by atoms with van der Waals surface area (Å²) < 4.78 is 0. The number of hydrogen-bond acceptors (Lipinski definition) is 3. The van der Waals surface area contributed by atoms with E-state index in [4.69, 9.17) is 10.7 Å². The van der Waals surface area contributed by atoms with Crippen LogP contribution in [-0.2, 0) is 0 Å². The second-order valence-corrected chi connectivity index (χ2v) is 5.35. The van der Waals surface area contributed by atoms with Gasteiger partial charge in [0.15, 0.2) is 0 Å². The molecule has 0 aromatic carbocycles. The van der Waals surface area contributed by atoms with E-state index >= 15 is 0 Å². The summed E-state index contributed by atoms with van der Waals surface area (Å²) in [6.07, 6.45) is 7.78. The molecule has 0 radical (unpaired) electrons. The van der Waals surface area contributed by atoms with Gasteiger partial charge < -0.3 is 5.73 Å². The van der Waals surface area contributed by atoms with Crippen molar-refractivity contribution < 1.29 is 0 Å². The van der Waals surface area contributed by atoms with Gasteiger partial charge in [0.05, 0.1) is 11.7 Å². The Morgan fingerprint density at radius 3 is 2.87 bits per heavy atom. The van der Waals surface area contributed by atoms with Crippen molar-refractivity contribution in [2.24, 2.45) is 5.73 Å². The van der Waals surface area contributed by atoms with Crippen LogP contribution >= 0.6 is 11.3 Å². The summed E-state index contributed by atoms with van der Waals surface area (Å²) in [6.45, 7) is 2.12. The minimum absolute atomic E-state index is 0.146. The van der Waals surface area contributed by atoms with Crippen LogP contribution in [0.2, 0.25) is 0 Å². The van der Waals surface area contributed by atoms with Gasteiger partial charge in [0.2, 0.25) is 0 Å². The predicted molar refractivity (Wildman–Crippen MR) is 65.2 cm³/mol. The summed E-state index contributed by atoms with van der Waals surface area (Å²) in [4.78, 5) is 4.70. The van der Waals surface area contributed by atoms with Crippen LogP contribution in [-0.4, -0.2) is 4.98 Å². The van der Waals surface area contributed by atoms with Gasteiger partial charge in [0, 0.05) is 11.3 Å². The molecule has 1 aliphatic rings. The minimum atomic E-state index is 0.146. The lowest BCUT2D eigenvalue weighted by Crippen LogP contribution is -2.09. The number of aromatic nitrogens is 1. The van der Waals surface area contributed by atoms with Crippen LogP contribution in [0.4, 0.5) is 0 Å². The van der Waals surface area contributed by atoms with Crippen LogP contribution < -0.4 is 5.73 Å². The Morgan fingerprint density at radius 1 is 1.47 bits per heavy atom. The molecule has 0 spiro atoms. The highest BCUT2D eigenvalue weighted by atomic mass is 32.1. The molecule has 2 rings (SSSR count). The van der Waals surface area contributed by atoms with E-state index in [0.29, 0.717) is 5.92 Å². The summed E-state index contributed by atoms with van der Waals surface area (Å²) >= 11 is 1.74. The molecule has 1 saturated carbocycles. The smallest absolute Gasteiger partial charge is 0.110 e. The van der Waals surface area contributed by atoms with Crippen molar-refractivity contribution in [3.63, 3.8) is 0 Å². The molecule has 0 saturated heterocycles. The Labute approximate surface area is 95.9 Å². The molecule has 2 nitrogen and oxygen atoms in total. The summed E-state index contributed by atoms with van der Waals surface area (Å²) in [7, 11) is 0. The lowest BCUT2D eigenvalue weighted by Gasteiger charge is -2.19.